The number of halogens is 1. The Hall–Kier alpha value is -1.22. The van der Waals surface area contributed by atoms with Gasteiger partial charge in [0.1, 0.15) is 5.75 Å². The molecule has 0 fully saturated rings. The fourth-order valence-electron chi connectivity index (χ4n) is 1.17. The molecule has 1 aromatic rings. The topological polar surface area (TPSA) is 52.3 Å². The van der Waals surface area contributed by atoms with E-state index < -0.39 is 0 Å². The van der Waals surface area contributed by atoms with Gasteiger partial charge in [0.25, 0.3) is 0 Å². The lowest BCUT2D eigenvalue weighted by molar-refractivity contribution is -0.134. The van der Waals surface area contributed by atoms with Crippen LogP contribution in [0.5, 0.6) is 5.75 Å². The van der Waals surface area contributed by atoms with E-state index in [4.69, 9.17) is 22.1 Å². The maximum Gasteiger partial charge on any atom is 0.311 e. The van der Waals surface area contributed by atoms with Crippen LogP contribution in [0.2, 0.25) is 5.02 Å². The highest BCUT2D eigenvalue weighted by molar-refractivity contribution is 6.33. The summed E-state index contributed by atoms with van der Waals surface area (Å²) in [5.74, 6) is 0.689. The Morgan fingerprint density at radius 1 is 1.50 bits per heavy atom. The van der Waals surface area contributed by atoms with Crippen LogP contribution in [-0.4, -0.2) is 5.97 Å². The molecule has 2 N–H and O–H groups in total. The number of hydrogen-bond acceptors (Lipinski definition) is 3. The molecule has 3 nitrogen and oxygen atoms in total. The molecular formula is C12H16ClNO2. The second-order valence-electron chi connectivity index (χ2n) is 4.09. The zero-order chi connectivity index (χ0) is 12.1. The number of rotatable bonds is 4. The number of carbonyl (C=O) groups excluding carboxylic acids is 1. The fraction of sp³-hybridized carbons (Fsp3) is 0.417. The molecule has 0 bridgehead atoms. The molecule has 0 heterocycles. The summed E-state index contributed by atoms with van der Waals surface area (Å²) in [5.41, 5.74) is 6.01. The van der Waals surface area contributed by atoms with Crippen molar-refractivity contribution in [2.45, 2.75) is 26.7 Å². The van der Waals surface area contributed by atoms with Crippen molar-refractivity contribution in [3.05, 3.63) is 23.2 Å². The molecule has 4 heteroatoms. The van der Waals surface area contributed by atoms with E-state index in [9.17, 15) is 4.79 Å². The lowest BCUT2D eigenvalue weighted by Gasteiger charge is -2.07. The minimum absolute atomic E-state index is 0.240. The lowest BCUT2D eigenvalue weighted by Crippen LogP contribution is -2.09. The molecular weight excluding hydrogens is 226 g/mol. The summed E-state index contributed by atoms with van der Waals surface area (Å²) in [6, 6.07) is 4.80. The number of esters is 1. The third kappa shape index (κ3) is 4.11. The predicted octanol–water partition coefficient (Wildman–Crippen LogP) is 3.26. The molecule has 0 atom stereocenters. The molecule has 0 radical (unpaired) electrons. The zero-order valence-electron chi connectivity index (χ0n) is 9.50. The smallest absolute Gasteiger partial charge is 0.311 e. The van der Waals surface area contributed by atoms with Gasteiger partial charge in [-0.3, -0.25) is 4.79 Å². The van der Waals surface area contributed by atoms with Gasteiger partial charge in [0.2, 0.25) is 0 Å². The first-order valence-electron chi connectivity index (χ1n) is 5.24. The second kappa shape index (κ2) is 5.75. The highest BCUT2D eigenvalue weighted by Crippen LogP contribution is 2.24. The van der Waals surface area contributed by atoms with Crippen molar-refractivity contribution < 1.29 is 9.53 Å². The number of nitrogens with two attached hydrogens (primary N) is 1. The molecule has 0 aliphatic heterocycles. The van der Waals surface area contributed by atoms with Crippen LogP contribution < -0.4 is 10.5 Å². The van der Waals surface area contributed by atoms with Crippen LogP contribution in [-0.2, 0) is 4.79 Å². The van der Waals surface area contributed by atoms with E-state index in [2.05, 4.69) is 13.8 Å². The lowest BCUT2D eigenvalue weighted by atomic mass is 10.1. The Bertz CT molecular complexity index is 377. The van der Waals surface area contributed by atoms with Gasteiger partial charge in [-0.25, -0.2) is 0 Å². The standard InChI is InChI=1S/C12H16ClNO2/c1-8(2)3-6-12(15)16-9-4-5-10(13)11(14)7-9/h4-5,7-8H,3,6,14H2,1-2H3. The van der Waals surface area contributed by atoms with Gasteiger partial charge in [0.15, 0.2) is 0 Å². The minimum Gasteiger partial charge on any atom is -0.426 e. The van der Waals surface area contributed by atoms with Crippen LogP contribution in [0.1, 0.15) is 26.7 Å². The molecule has 0 spiro atoms. The highest BCUT2D eigenvalue weighted by Gasteiger charge is 2.07. The van der Waals surface area contributed by atoms with E-state index >= 15 is 0 Å². The van der Waals surface area contributed by atoms with Crippen LogP contribution >= 0.6 is 11.6 Å². The second-order valence-corrected chi connectivity index (χ2v) is 4.50. The van der Waals surface area contributed by atoms with Crippen LogP contribution in [0, 0.1) is 5.92 Å². The van der Waals surface area contributed by atoms with Gasteiger partial charge in [-0.1, -0.05) is 25.4 Å². The van der Waals surface area contributed by atoms with Gasteiger partial charge in [-0.2, -0.15) is 0 Å². The van der Waals surface area contributed by atoms with Gasteiger partial charge < -0.3 is 10.5 Å². The monoisotopic (exact) mass is 241 g/mol. The average Bonchev–Trinajstić information content (AvgIpc) is 2.21. The van der Waals surface area contributed by atoms with Crippen LogP contribution in [0.25, 0.3) is 0 Å². The first-order chi connectivity index (χ1) is 7.49. The van der Waals surface area contributed by atoms with E-state index in [0.29, 0.717) is 28.8 Å². The van der Waals surface area contributed by atoms with Gasteiger partial charge in [0.05, 0.1) is 10.7 Å². The SMILES string of the molecule is CC(C)CCC(=O)Oc1ccc(Cl)c(N)c1. The van der Waals surface area contributed by atoms with Crippen molar-refractivity contribution in [1.29, 1.82) is 0 Å². The average molecular weight is 242 g/mol. The summed E-state index contributed by atoms with van der Waals surface area (Å²) in [5, 5.41) is 0.460. The maximum absolute atomic E-state index is 11.4. The Morgan fingerprint density at radius 3 is 2.75 bits per heavy atom. The van der Waals surface area contributed by atoms with Gasteiger partial charge in [-0.15, -0.1) is 0 Å². The summed E-state index contributed by atoms with van der Waals surface area (Å²) in [4.78, 5) is 11.4. The minimum atomic E-state index is -0.240. The molecule has 16 heavy (non-hydrogen) atoms. The van der Waals surface area contributed by atoms with Crippen LogP contribution in [0.15, 0.2) is 18.2 Å². The molecule has 0 aliphatic rings. The molecule has 0 amide bonds. The summed E-state index contributed by atoms with van der Waals surface area (Å²) >= 11 is 5.75. The fourth-order valence-corrected chi connectivity index (χ4v) is 1.29. The third-order valence-electron chi connectivity index (χ3n) is 2.12. The van der Waals surface area contributed by atoms with E-state index in [1.54, 1.807) is 18.2 Å². The molecule has 1 aromatic carbocycles. The summed E-state index contributed by atoms with van der Waals surface area (Å²) in [7, 11) is 0. The third-order valence-corrected chi connectivity index (χ3v) is 2.47. The van der Waals surface area contributed by atoms with Crippen molar-refractivity contribution in [3.63, 3.8) is 0 Å². The molecule has 0 saturated carbocycles. The van der Waals surface area contributed by atoms with E-state index in [1.165, 1.54) is 0 Å². The van der Waals surface area contributed by atoms with Crippen molar-refractivity contribution in [1.82, 2.24) is 0 Å². The number of anilines is 1. The molecule has 1 rings (SSSR count). The molecule has 0 saturated heterocycles. The van der Waals surface area contributed by atoms with E-state index in [0.717, 1.165) is 6.42 Å². The highest BCUT2D eigenvalue weighted by atomic mass is 35.5. The summed E-state index contributed by atoms with van der Waals surface area (Å²) < 4.78 is 5.12. The van der Waals surface area contributed by atoms with Crippen molar-refractivity contribution in [3.8, 4) is 5.75 Å². The Morgan fingerprint density at radius 2 is 2.19 bits per heavy atom. The van der Waals surface area contributed by atoms with Crippen molar-refractivity contribution in [2.24, 2.45) is 5.92 Å². The van der Waals surface area contributed by atoms with Gasteiger partial charge in [-0.05, 0) is 24.5 Å². The predicted molar refractivity (Wildman–Crippen MR) is 65.6 cm³/mol. The normalized spacial score (nSPS) is 10.5. The van der Waals surface area contributed by atoms with Crippen LogP contribution in [0.4, 0.5) is 5.69 Å². The van der Waals surface area contributed by atoms with Crippen LogP contribution in [0.3, 0.4) is 0 Å². The maximum atomic E-state index is 11.4. The van der Waals surface area contributed by atoms with Gasteiger partial charge >= 0.3 is 5.97 Å². The van der Waals surface area contributed by atoms with Crippen molar-refractivity contribution in [2.75, 3.05) is 5.73 Å². The number of nitrogen functional groups attached to an aromatic ring is 1. The van der Waals surface area contributed by atoms with Crippen molar-refractivity contribution >= 4 is 23.3 Å². The number of benzene rings is 1. The quantitative estimate of drug-likeness (QED) is 0.500. The first-order valence-corrected chi connectivity index (χ1v) is 5.62. The Kier molecular flexibility index (Phi) is 4.62. The summed E-state index contributed by atoms with van der Waals surface area (Å²) in [6.45, 7) is 4.13. The summed E-state index contributed by atoms with van der Waals surface area (Å²) in [6.07, 6.45) is 1.24. The molecule has 0 aromatic heterocycles. The van der Waals surface area contributed by atoms with E-state index in [1.807, 2.05) is 0 Å². The van der Waals surface area contributed by atoms with Gasteiger partial charge in [0, 0.05) is 12.5 Å². The Balaban J connectivity index is 2.53. The molecule has 0 unspecified atom stereocenters. The first kappa shape index (κ1) is 12.8. The molecule has 88 valence electrons. The number of ether oxygens (including phenoxy) is 1. The largest absolute Gasteiger partial charge is 0.426 e. The number of hydrogen-bond donors (Lipinski definition) is 1. The Labute approximate surface area is 101 Å². The van der Waals surface area contributed by atoms with E-state index in [-0.39, 0.29) is 5.97 Å². The number of carbonyl (C=O) groups is 1. The molecule has 0 aliphatic carbocycles. The zero-order valence-corrected chi connectivity index (χ0v) is 10.3.